The number of ether oxygens (including phenoxy) is 1. The van der Waals surface area contributed by atoms with Gasteiger partial charge in [0.05, 0.1) is 12.4 Å². The van der Waals surface area contributed by atoms with E-state index in [1.54, 1.807) is 19.5 Å². The quantitative estimate of drug-likeness (QED) is 0.545. The van der Waals surface area contributed by atoms with Gasteiger partial charge in [0.15, 0.2) is 4.51 Å². The van der Waals surface area contributed by atoms with Gasteiger partial charge >= 0.3 is 0 Å². The molecular formula is C4H5BrN2O. The molecule has 0 N–H and O–H groups in total. The Morgan fingerprint density at radius 3 is 2.25 bits per heavy atom. The highest BCUT2D eigenvalue weighted by Crippen LogP contribution is 2.16. The van der Waals surface area contributed by atoms with E-state index in [0.717, 1.165) is 0 Å². The molecule has 0 atom stereocenters. The van der Waals surface area contributed by atoms with Gasteiger partial charge in [-0.25, -0.2) is 0 Å². The minimum absolute atomic E-state index is 0.535. The predicted octanol–water partition coefficient (Wildman–Crippen LogP) is 0.794. The summed E-state index contributed by atoms with van der Waals surface area (Å²) in [6, 6.07) is 0. The molecule has 1 aliphatic rings. The van der Waals surface area contributed by atoms with E-state index in [1.165, 1.54) is 0 Å². The first kappa shape index (κ1) is 5.91. The molecule has 1 heterocycles. The van der Waals surface area contributed by atoms with Gasteiger partial charge in [0.1, 0.15) is 0 Å². The fourth-order valence-electron chi connectivity index (χ4n) is 0.363. The molecule has 0 fully saturated rings. The van der Waals surface area contributed by atoms with Gasteiger partial charge in [-0.05, 0) is 15.9 Å². The van der Waals surface area contributed by atoms with E-state index in [9.17, 15) is 0 Å². The summed E-state index contributed by atoms with van der Waals surface area (Å²) in [5.74, 6) is 0. The Morgan fingerprint density at radius 2 is 2.00 bits per heavy atom. The minimum Gasteiger partial charge on any atom is -0.356 e. The first-order valence-corrected chi connectivity index (χ1v) is 2.89. The Labute approximate surface area is 55.6 Å². The normalized spacial score (nSPS) is 22.2. The van der Waals surface area contributed by atoms with E-state index in [4.69, 9.17) is 4.74 Å². The lowest BCUT2D eigenvalue weighted by Gasteiger charge is -2.09. The Balaban J connectivity index is 2.69. The summed E-state index contributed by atoms with van der Waals surface area (Å²) in [5, 5.41) is 7.16. The SMILES string of the molecule is COC1(Br)C=NN=C1. The van der Waals surface area contributed by atoms with Crippen LogP contribution in [0.1, 0.15) is 0 Å². The molecule has 1 rings (SSSR count). The van der Waals surface area contributed by atoms with Gasteiger partial charge < -0.3 is 4.74 Å². The molecule has 0 radical (unpaired) electrons. The molecular weight excluding hydrogens is 172 g/mol. The molecule has 0 amide bonds. The fraction of sp³-hybridized carbons (Fsp3) is 0.500. The third-order valence-corrected chi connectivity index (χ3v) is 1.58. The van der Waals surface area contributed by atoms with Crippen molar-refractivity contribution < 1.29 is 4.74 Å². The third kappa shape index (κ3) is 0.952. The van der Waals surface area contributed by atoms with Gasteiger partial charge in [-0.2, -0.15) is 10.2 Å². The molecule has 44 valence electrons. The van der Waals surface area contributed by atoms with Crippen LogP contribution < -0.4 is 0 Å². The van der Waals surface area contributed by atoms with Crippen LogP contribution in [0.25, 0.3) is 0 Å². The van der Waals surface area contributed by atoms with Crippen molar-refractivity contribution in [1.29, 1.82) is 0 Å². The Morgan fingerprint density at radius 1 is 1.50 bits per heavy atom. The summed E-state index contributed by atoms with van der Waals surface area (Å²) in [6.07, 6.45) is 3.15. The first-order valence-electron chi connectivity index (χ1n) is 2.10. The summed E-state index contributed by atoms with van der Waals surface area (Å²) >= 11 is 3.22. The average Bonchev–Trinajstić information content (AvgIpc) is 2.17. The maximum atomic E-state index is 4.92. The number of nitrogens with zero attached hydrogens (tertiary/aromatic N) is 2. The minimum atomic E-state index is -0.535. The largest absolute Gasteiger partial charge is 0.356 e. The number of methoxy groups -OCH3 is 1. The molecule has 0 spiro atoms. The van der Waals surface area contributed by atoms with Crippen molar-refractivity contribution in [2.75, 3.05) is 7.11 Å². The van der Waals surface area contributed by atoms with E-state index in [-0.39, 0.29) is 0 Å². The van der Waals surface area contributed by atoms with Crippen LogP contribution in [0.2, 0.25) is 0 Å². The molecule has 0 bridgehead atoms. The van der Waals surface area contributed by atoms with E-state index >= 15 is 0 Å². The van der Waals surface area contributed by atoms with Crippen molar-refractivity contribution in [3.05, 3.63) is 0 Å². The second-order valence-corrected chi connectivity index (χ2v) is 2.63. The third-order valence-electron chi connectivity index (χ3n) is 0.847. The van der Waals surface area contributed by atoms with Crippen LogP contribution in [0.4, 0.5) is 0 Å². The molecule has 3 nitrogen and oxygen atoms in total. The Hall–Kier alpha value is -0.220. The van der Waals surface area contributed by atoms with Crippen molar-refractivity contribution in [2.45, 2.75) is 4.51 Å². The zero-order chi connectivity index (χ0) is 6.04. The number of hydrogen-bond acceptors (Lipinski definition) is 3. The predicted molar refractivity (Wildman–Crippen MR) is 35.7 cm³/mol. The van der Waals surface area contributed by atoms with Crippen LogP contribution in [0.15, 0.2) is 10.2 Å². The second-order valence-electron chi connectivity index (χ2n) is 1.39. The summed E-state index contributed by atoms with van der Waals surface area (Å²) in [5.41, 5.74) is 0. The number of alkyl halides is 1. The van der Waals surface area contributed by atoms with E-state index in [1.807, 2.05) is 0 Å². The highest BCUT2D eigenvalue weighted by molar-refractivity contribution is 9.10. The molecule has 0 unspecified atom stereocenters. The lowest BCUT2D eigenvalue weighted by Crippen LogP contribution is -2.23. The van der Waals surface area contributed by atoms with Crippen molar-refractivity contribution in [3.63, 3.8) is 0 Å². The summed E-state index contributed by atoms with van der Waals surface area (Å²) in [6.45, 7) is 0. The molecule has 4 heteroatoms. The van der Waals surface area contributed by atoms with Crippen LogP contribution in [0, 0.1) is 0 Å². The molecule has 0 aromatic carbocycles. The van der Waals surface area contributed by atoms with E-state index < -0.39 is 4.51 Å². The van der Waals surface area contributed by atoms with Gasteiger partial charge in [-0.3, -0.25) is 0 Å². The first-order chi connectivity index (χ1) is 3.77. The van der Waals surface area contributed by atoms with Crippen molar-refractivity contribution in [2.24, 2.45) is 10.2 Å². The molecule has 0 aromatic rings. The highest BCUT2D eigenvalue weighted by Gasteiger charge is 2.23. The summed E-state index contributed by atoms with van der Waals surface area (Å²) in [4.78, 5) is 0. The van der Waals surface area contributed by atoms with Crippen LogP contribution >= 0.6 is 15.9 Å². The average molecular weight is 177 g/mol. The van der Waals surface area contributed by atoms with E-state index in [0.29, 0.717) is 0 Å². The number of halogens is 1. The van der Waals surface area contributed by atoms with E-state index in [2.05, 4.69) is 26.1 Å². The van der Waals surface area contributed by atoms with Gasteiger partial charge in [-0.15, -0.1) is 0 Å². The molecule has 1 aliphatic heterocycles. The van der Waals surface area contributed by atoms with Gasteiger partial charge in [0, 0.05) is 7.11 Å². The lowest BCUT2D eigenvalue weighted by molar-refractivity contribution is 0.193. The maximum absolute atomic E-state index is 4.92. The van der Waals surface area contributed by atoms with Gasteiger partial charge in [0.25, 0.3) is 0 Å². The zero-order valence-electron chi connectivity index (χ0n) is 4.34. The Kier molecular flexibility index (Phi) is 1.44. The van der Waals surface area contributed by atoms with Crippen molar-refractivity contribution >= 4 is 28.4 Å². The topological polar surface area (TPSA) is 34.0 Å². The van der Waals surface area contributed by atoms with Crippen molar-refractivity contribution in [3.8, 4) is 0 Å². The zero-order valence-corrected chi connectivity index (χ0v) is 5.92. The summed E-state index contributed by atoms with van der Waals surface area (Å²) in [7, 11) is 1.58. The summed E-state index contributed by atoms with van der Waals surface area (Å²) < 4.78 is 4.38. The Bertz CT molecular complexity index is 131. The van der Waals surface area contributed by atoms with Crippen LogP contribution in [-0.2, 0) is 4.74 Å². The van der Waals surface area contributed by atoms with Gasteiger partial charge in [0.2, 0.25) is 0 Å². The lowest BCUT2D eigenvalue weighted by atomic mass is 10.4. The number of hydrogen-bond donors (Lipinski definition) is 0. The monoisotopic (exact) mass is 176 g/mol. The van der Waals surface area contributed by atoms with Crippen LogP contribution in [0.5, 0.6) is 0 Å². The smallest absolute Gasteiger partial charge is 0.196 e. The maximum Gasteiger partial charge on any atom is 0.196 e. The van der Waals surface area contributed by atoms with Crippen LogP contribution in [0.3, 0.4) is 0 Å². The van der Waals surface area contributed by atoms with Gasteiger partial charge in [-0.1, -0.05) is 0 Å². The van der Waals surface area contributed by atoms with Crippen LogP contribution in [-0.4, -0.2) is 24.0 Å². The number of rotatable bonds is 1. The molecule has 0 saturated heterocycles. The molecule has 0 saturated carbocycles. The molecule has 0 aromatic heterocycles. The second kappa shape index (κ2) is 1.95. The molecule has 0 aliphatic carbocycles. The fourth-order valence-corrected chi connectivity index (χ4v) is 0.546. The van der Waals surface area contributed by atoms with Crippen molar-refractivity contribution in [1.82, 2.24) is 0 Å². The highest BCUT2D eigenvalue weighted by atomic mass is 79.9. The standard InChI is InChI=1S/C4H5BrN2O/c1-8-4(5)2-6-7-3-4/h2-3H,1H3. The molecule has 8 heavy (non-hydrogen) atoms.